The quantitative estimate of drug-likeness (QED) is 0.564. The smallest absolute Gasteiger partial charge is 0.150 e. The molecule has 2 heteroatoms. The highest BCUT2D eigenvalue weighted by Crippen LogP contribution is 2.08. The third-order valence-corrected chi connectivity index (χ3v) is 1.85. The van der Waals surface area contributed by atoms with Gasteiger partial charge in [0.05, 0.1) is 6.61 Å². The lowest BCUT2D eigenvalue weighted by Gasteiger charge is -1.97. The highest BCUT2D eigenvalue weighted by atomic mass is 16.2. The molecule has 0 aromatic heterocycles. The topological polar surface area (TPSA) is 37.3 Å². The number of carbonyl (C=O) groups excluding carboxylic acids is 1. The van der Waals surface area contributed by atoms with Crippen LogP contribution in [0.2, 0.25) is 0 Å². The third kappa shape index (κ3) is 2.72. The summed E-state index contributed by atoms with van der Waals surface area (Å²) in [5.74, 6) is 5.78. The first-order chi connectivity index (χ1) is 6.77. The van der Waals surface area contributed by atoms with Gasteiger partial charge in [0.15, 0.2) is 0 Å². The lowest BCUT2D eigenvalue weighted by molar-refractivity contribution is 0.112. The van der Waals surface area contributed by atoms with E-state index in [1.54, 1.807) is 12.1 Å². The molecule has 14 heavy (non-hydrogen) atoms. The van der Waals surface area contributed by atoms with Crippen LogP contribution in [0.15, 0.2) is 18.2 Å². The lowest BCUT2D eigenvalue weighted by atomic mass is 10.1. The van der Waals surface area contributed by atoms with Gasteiger partial charge in [0, 0.05) is 17.5 Å². The molecular weight excluding hydrogens is 176 g/mol. The highest BCUT2D eigenvalue weighted by molar-refractivity contribution is 5.75. The number of benzene rings is 1. The molecule has 0 aliphatic heterocycles. The average Bonchev–Trinajstić information content (AvgIpc) is 2.20. The van der Waals surface area contributed by atoms with Crippen LogP contribution in [0, 0.1) is 18.8 Å². The molecule has 0 atom stereocenters. The zero-order valence-electron chi connectivity index (χ0n) is 8.08. The number of aldehydes is 1. The van der Waals surface area contributed by atoms with Crippen LogP contribution in [0.3, 0.4) is 0 Å². The molecule has 0 fully saturated rings. The van der Waals surface area contributed by atoms with Crippen LogP contribution in [0.1, 0.15) is 27.9 Å². The number of aliphatic hydroxyl groups excluding tert-OH is 1. The molecule has 0 radical (unpaired) electrons. The Hall–Kier alpha value is -1.59. The van der Waals surface area contributed by atoms with E-state index < -0.39 is 0 Å². The molecule has 0 aliphatic rings. The van der Waals surface area contributed by atoms with Crippen LogP contribution >= 0.6 is 0 Å². The van der Waals surface area contributed by atoms with E-state index in [1.165, 1.54) is 0 Å². The number of hydrogen-bond donors (Lipinski definition) is 1. The van der Waals surface area contributed by atoms with Crippen molar-refractivity contribution in [3.63, 3.8) is 0 Å². The summed E-state index contributed by atoms with van der Waals surface area (Å²) in [6, 6.07) is 5.36. The molecular formula is C12H12O2. The van der Waals surface area contributed by atoms with E-state index in [1.807, 2.05) is 13.0 Å². The van der Waals surface area contributed by atoms with Gasteiger partial charge in [-0.25, -0.2) is 0 Å². The fourth-order valence-electron chi connectivity index (χ4n) is 1.11. The Morgan fingerprint density at radius 3 is 2.86 bits per heavy atom. The van der Waals surface area contributed by atoms with Crippen molar-refractivity contribution in [1.29, 1.82) is 0 Å². The number of carbonyl (C=O) groups is 1. The van der Waals surface area contributed by atoms with Crippen LogP contribution < -0.4 is 0 Å². The minimum Gasteiger partial charge on any atom is -0.395 e. The van der Waals surface area contributed by atoms with Crippen molar-refractivity contribution in [2.75, 3.05) is 6.61 Å². The molecule has 0 unspecified atom stereocenters. The Kier molecular flexibility index (Phi) is 3.90. The second-order valence-corrected chi connectivity index (χ2v) is 2.97. The van der Waals surface area contributed by atoms with Crippen LogP contribution in [0.5, 0.6) is 0 Å². The molecule has 0 aliphatic carbocycles. The van der Waals surface area contributed by atoms with Crippen molar-refractivity contribution in [3.05, 3.63) is 34.9 Å². The molecule has 1 N–H and O–H groups in total. The van der Waals surface area contributed by atoms with E-state index in [0.29, 0.717) is 12.0 Å². The molecule has 0 heterocycles. The van der Waals surface area contributed by atoms with Crippen LogP contribution in [-0.2, 0) is 0 Å². The molecule has 0 bridgehead atoms. The number of aliphatic hydroxyl groups is 1. The van der Waals surface area contributed by atoms with Gasteiger partial charge in [-0.1, -0.05) is 17.9 Å². The molecule has 1 rings (SSSR count). The minimum absolute atomic E-state index is 0.0818. The third-order valence-electron chi connectivity index (χ3n) is 1.85. The van der Waals surface area contributed by atoms with Crippen molar-refractivity contribution in [2.24, 2.45) is 0 Å². The first-order valence-electron chi connectivity index (χ1n) is 4.43. The van der Waals surface area contributed by atoms with Gasteiger partial charge in [0.25, 0.3) is 0 Å². The summed E-state index contributed by atoms with van der Waals surface area (Å²) in [5.41, 5.74) is 2.55. The molecule has 1 aromatic rings. The SMILES string of the molecule is Cc1cc(C=O)ccc1C#CCCO. The van der Waals surface area contributed by atoms with E-state index in [0.717, 1.165) is 17.4 Å². The van der Waals surface area contributed by atoms with Crippen molar-refractivity contribution in [3.8, 4) is 11.8 Å². The van der Waals surface area contributed by atoms with Gasteiger partial charge in [0.2, 0.25) is 0 Å². The van der Waals surface area contributed by atoms with Gasteiger partial charge in [-0.15, -0.1) is 0 Å². The molecule has 0 saturated heterocycles. The van der Waals surface area contributed by atoms with Gasteiger partial charge < -0.3 is 5.11 Å². The van der Waals surface area contributed by atoms with Crippen molar-refractivity contribution >= 4 is 6.29 Å². The molecule has 0 spiro atoms. The molecule has 1 aromatic carbocycles. The van der Waals surface area contributed by atoms with Crippen molar-refractivity contribution in [2.45, 2.75) is 13.3 Å². The predicted octanol–water partition coefficient (Wildman–Crippen LogP) is 1.54. The average molecular weight is 188 g/mol. The Balaban J connectivity index is 2.90. The Bertz CT molecular complexity index is 383. The van der Waals surface area contributed by atoms with Crippen molar-refractivity contribution in [1.82, 2.24) is 0 Å². The predicted molar refractivity (Wildman–Crippen MR) is 55.1 cm³/mol. The summed E-state index contributed by atoms with van der Waals surface area (Å²) in [5, 5.41) is 8.55. The standard InChI is InChI=1S/C12H12O2/c1-10-8-11(9-14)5-6-12(10)4-2-3-7-13/h5-6,8-9,13H,3,7H2,1H3. The highest BCUT2D eigenvalue weighted by Gasteiger charge is 1.95. The molecule has 2 nitrogen and oxygen atoms in total. The van der Waals surface area contributed by atoms with E-state index >= 15 is 0 Å². The maximum absolute atomic E-state index is 10.5. The zero-order chi connectivity index (χ0) is 10.4. The minimum atomic E-state index is 0.0818. The number of rotatable bonds is 2. The summed E-state index contributed by atoms with van der Waals surface area (Å²) in [7, 11) is 0. The van der Waals surface area contributed by atoms with E-state index in [2.05, 4.69) is 11.8 Å². The molecule has 0 saturated carbocycles. The normalized spacial score (nSPS) is 9.00. The van der Waals surface area contributed by atoms with Gasteiger partial charge in [-0.05, 0) is 24.6 Å². The first-order valence-corrected chi connectivity index (χ1v) is 4.43. The van der Waals surface area contributed by atoms with E-state index in [4.69, 9.17) is 5.11 Å². The largest absolute Gasteiger partial charge is 0.395 e. The summed E-state index contributed by atoms with van der Waals surface area (Å²) >= 11 is 0. The van der Waals surface area contributed by atoms with E-state index in [-0.39, 0.29) is 6.61 Å². The van der Waals surface area contributed by atoms with Gasteiger partial charge >= 0.3 is 0 Å². The monoisotopic (exact) mass is 188 g/mol. The second-order valence-electron chi connectivity index (χ2n) is 2.97. The maximum Gasteiger partial charge on any atom is 0.150 e. The first kappa shape index (κ1) is 10.5. The van der Waals surface area contributed by atoms with Crippen molar-refractivity contribution < 1.29 is 9.90 Å². The fourth-order valence-corrected chi connectivity index (χ4v) is 1.11. The molecule has 72 valence electrons. The summed E-state index contributed by atoms with van der Waals surface area (Å²) in [4.78, 5) is 10.5. The lowest BCUT2D eigenvalue weighted by Crippen LogP contribution is -1.86. The van der Waals surface area contributed by atoms with Gasteiger partial charge in [0.1, 0.15) is 6.29 Å². The zero-order valence-corrected chi connectivity index (χ0v) is 8.08. The number of hydrogen-bond acceptors (Lipinski definition) is 2. The maximum atomic E-state index is 10.5. The van der Waals surface area contributed by atoms with Gasteiger partial charge in [-0.2, -0.15) is 0 Å². The Morgan fingerprint density at radius 2 is 2.29 bits per heavy atom. The Labute approximate surface area is 83.6 Å². The fraction of sp³-hybridized carbons (Fsp3) is 0.250. The van der Waals surface area contributed by atoms with Crippen LogP contribution in [0.4, 0.5) is 0 Å². The summed E-state index contributed by atoms with van der Waals surface area (Å²) in [6.07, 6.45) is 1.30. The summed E-state index contributed by atoms with van der Waals surface area (Å²) in [6.45, 7) is 1.99. The summed E-state index contributed by atoms with van der Waals surface area (Å²) < 4.78 is 0. The molecule has 0 amide bonds. The van der Waals surface area contributed by atoms with E-state index in [9.17, 15) is 4.79 Å². The second kappa shape index (κ2) is 5.21. The van der Waals surface area contributed by atoms with Crippen LogP contribution in [0.25, 0.3) is 0 Å². The number of aryl methyl sites for hydroxylation is 1. The van der Waals surface area contributed by atoms with Gasteiger partial charge in [-0.3, -0.25) is 4.79 Å². The van der Waals surface area contributed by atoms with Crippen LogP contribution in [-0.4, -0.2) is 18.0 Å². The Morgan fingerprint density at radius 1 is 1.50 bits per heavy atom.